The highest BCUT2D eigenvalue weighted by Crippen LogP contribution is 2.21. The molecule has 0 fully saturated rings. The van der Waals surface area contributed by atoms with E-state index in [-0.39, 0.29) is 17.6 Å². The van der Waals surface area contributed by atoms with Crippen molar-refractivity contribution in [3.63, 3.8) is 0 Å². The number of aliphatic imine (C=N–C) groups is 1. The third-order valence-electron chi connectivity index (χ3n) is 2.87. The maximum absolute atomic E-state index is 10.7. The Kier molecular flexibility index (Phi) is 4.31. The summed E-state index contributed by atoms with van der Waals surface area (Å²) in [6.45, 7) is 5.44. The van der Waals surface area contributed by atoms with E-state index in [9.17, 15) is 10.1 Å². The number of anilines is 1. The van der Waals surface area contributed by atoms with Gasteiger partial charge in [-0.3, -0.25) is 10.1 Å². The van der Waals surface area contributed by atoms with E-state index in [1.165, 1.54) is 12.1 Å². The van der Waals surface area contributed by atoms with Gasteiger partial charge in [0.15, 0.2) is 0 Å². The number of benzene rings is 1. The standard InChI is InChI=1S/C14H16N6O2/c1-8-6-11(20(21)22)4-5-12(8)18-13(15)19-14-16-9(2)7-10(3)17-14/h4-7H,1-3H3,(H3,15,16,17,18,19). The summed E-state index contributed by atoms with van der Waals surface area (Å²) >= 11 is 0. The molecule has 8 nitrogen and oxygen atoms in total. The van der Waals surface area contributed by atoms with Crippen LogP contribution < -0.4 is 11.1 Å². The van der Waals surface area contributed by atoms with Crippen LogP contribution in [-0.4, -0.2) is 20.9 Å². The van der Waals surface area contributed by atoms with Crippen LogP contribution in [0.15, 0.2) is 29.3 Å². The lowest BCUT2D eigenvalue weighted by Crippen LogP contribution is -2.22. The molecule has 0 saturated heterocycles. The molecular formula is C14H16N6O2. The van der Waals surface area contributed by atoms with Gasteiger partial charge in [0.1, 0.15) is 0 Å². The van der Waals surface area contributed by atoms with Gasteiger partial charge in [-0.15, -0.1) is 0 Å². The van der Waals surface area contributed by atoms with Gasteiger partial charge in [0.05, 0.1) is 4.92 Å². The van der Waals surface area contributed by atoms with Crippen LogP contribution in [0.4, 0.5) is 17.3 Å². The lowest BCUT2D eigenvalue weighted by atomic mass is 10.2. The normalized spacial score (nSPS) is 11.3. The van der Waals surface area contributed by atoms with Crippen LogP contribution >= 0.6 is 0 Å². The molecule has 22 heavy (non-hydrogen) atoms. The molecule has 0 aliphatic carbocycles. The summed E-state index contributed by atoms with van der Waals surface area (Å²) in [6.07, 6.45) is 0. The topological polar surface area (TPSA) is 119 Å². The number of hydrogen-bond donors (Lipinski definition) is 2. The molecule has 0 unspecified atom stereocenters. The molecule has 0 aliphatic rings. The van der Waals surface area contributed by atoms with Gasteiger partial charge in [-0.1, -0.05) is 0 Å². The summed E-state index contributed by atoms with van der Waals surface area (Å²) in [5.74, 6) is 0.379. The summed E-state index contributed by atoms with van der Waals surface area (Å²) < 4.78 is 0. The second kappa shape index (κ2) is 6.17. The molecule has 8 heteroatoms. The molecular weight excluding hydrogens is 284 g/mol. The number of aromatic nitrogens is 2. The Morgan fingerprint density at radius 1 is 1.23 bits per heavy atom. The van der Waals surface area contributed by atoms with E-state index in [0.29, 0.717) is 11.3 Å². The van der Waals surface area contributed by atoms with Gasteiger partial charge in [0, 0.05) is 29.2 Å². The summed E-state index contributed by atoms with van der Waals surface area (Å²) in [5.41, 5.74) is 8.77. The summed E-state index contributed by atoms with van der Waals surface area (Å²) in [5, 5.41) is 13.6. The average molecular weight is 300 g/mol. The number of rotatable bonds is 3. The van der Waals surface area contributed by atoms with E-state index in [1.807, 2.05) is 19.9 Å². The number of nitro benzene ring substituents is 1. The Morgan fingerprint density at radius 2 is 1.86 bits per heavy atom. The molecule has 0 amide bonds. The number of aryl methyl sites for hydroxylation is 3. The molecule has 0 radical (unpaired) electrons. The van der Waals surface area contributed by atoms with Crippen LogP contribution in [0.1, 0.15) is 17.0 Å². The molecule has 0 atom stereocenters. The van der Waals surface area contributed by atoms with Gasteiger partial charge < -0.3 is 11.1 Å². The van der Waals surface area contributed by atoms with Crippen molar-refractivity contribution in [2.45, 2.75) is 20.8 Å². The number of guanidine groups is 1. The third kappa shape index (κ3) is 3.75. The van der Waals surface area contributed by atoms with Crippen molar-refractivity contribution < 1.29 is 4.92 Å². The van der Waals surface area contributed by atoms with E-state index in [4.69, 9.17) is 5.73 Å². The summed E-state index contributed by atoms with van der Waals surface area (Å²) in [7, 11) is 0. The first-order valence-electron chi connectivity index (χ1n) is 6.53. The van der Waals surface area contributed by atoms with Crippen molar-refractivity contribution in [3.05, 3.63) is 51.3 Å². The highest BCUT2D eigenvalue weighted by atomic mass is 16.6. The first kappa shape index (κ1) is 15.4. The van der Waals surface area contributed by atoms with E-state index in [0.717, 1.165) is 11.4 Å². The van der Waals surface area contributed by atoms with Crippen LogP contribution in [0.5, 0.6) is 0 Å². The van der Waals surface area contributed by atoms with Gasteiger partial charge in [-0.05, 0) is 38.5 Å². The van der Waals surface area contributed by atoms with E-state index < -0.39 is 4.92 Å². The van der Waals surface area contributed by atoms with Crippen molar-refractivity contribution in [3.8, 4) is 0 Å². The van der Waals surface area contributed by atoms with E-state index in [2.05, 4.69) is 20.3 Å². The lowest BCUT2D eigenvalue weighted by Gasteiger charge is -2.08. The molecule has 0 bridgehead atoms. The molecule has 0 aliphatic heterocycles. The van der Waals surface area contributed by atoms with E-state index >= 15 is 0 Å². The van der Waals surface area contributed by atoms with Crippen LogP contribution in [0.2, 0.25) is 0 Å². The number of nitrogens with one attached hydrogen (secondary N) is 1. The minimum atomic E-state index is -0.447. The molecule has 1 aromatic carbocycles. The molecule has 1 aromatic heterocycles. The van der Waals surface area contributed by atoms with Gasteiger partial charge in [-0.25, -0.2) is 9.97 Å². The Bertz CT molecular complexity index is 737. The van der Waals surface area contributed by atoms with Gasteiger partial charge in [-0.2, -0.15) is 4.99 Å². The second-order valence-electron chi connectivity index (χ2n) is 4.83. The minimum absolute atomic E-state index is 0.0243. The van der Waals surface area contributed by atoms with Gasteiger partial charge >= 0.3 is 0 Å². The Labute approximate surface area is 127 Å². The average Bonchev–Trinajstić information content (AvgIpc) is 2.39. The molecule has 2 rings (SSSR count). The zero-order chi connectivity index (χ0) is 16.3. The van der Waals surface area contributed by atoms with Gasteiger partial charge in [0.25, 0.3) is 11.6 Å². The first-order chi connectivity index (χ1) is 10.3. The number of nitrogens with two attached hydrogens (primary N) is 1. The van der Waals surface area contributed by atoms with Crippen molar-refractivity contribution in [1.82, 2.24) is 9.97 Å². The summed E-state index contributed by atoms with van der Waals surface area (Å²) in [6, 6.07) is 6.28. The zero-order valence-electron chi connectivity index (χ0n) is 12.5. The monoisotopic (exact) mass is 300 g/mol. The fourth-order valence-electron chi connectivity index (χ4n) is 1.93. The molecule has 1 heterocycles. The van der Waals surface area contributed by atoms with Crippen LogP contribution in [0.25, 0.3) is 0 Å². The smallest absolute Gasteiger partial charge is 0.269 e. The quantitative estimate of drug-likeness (QED) is 0.388. The minimum Gasteiger partial charge on any atom is -0.369 e. The predicted octanol–water partition coefficient (Wildman–Crippen LogP) is 2.37. The van der Waals surface area contributed by atoms with Crippen LogP contribution in [0.3, 0.4) is 0 Å². The number of nitrogens with zero attached hydrogens (tertiary/aromatic N) is 4. The highest BCUT2D eigenvalue weighted by Gasteiger charge is 2.08. The SMILES string of the molecule is Cc1cc(C)nc(/N=C(\N)Nc2ccc([N+](=O)[O-])cc2C)n1. The fraction of sp³-hybridized carbons (Fsp3) is 0.214. The van der Waals surface area contributed by atoms with Crippen molar-refractivity contribution in [2.24, 2.45) is 10.7 Å². The number of nitro groups is 1. The van der Waals surface area contributed by atoms with Crippen molar-refractivity contribution in [1.29, 1.82) is 0 Å². The van der Waals surface area contributed by atoms with E-state index in [1.54, 1.807) is 13.0 Å². The maximum atomic E-state index is 10.7. The molecule has 3 N–H and O–H groups in total. The number of non-ortho nitro benzene ring substituents is 1. The van der Waals surface area contributed by atoms with Gasteiger partial charge in [0.2, 0.25) is 5.96 Å². The third-order valence-corrected chi connectivity index (χ3v) is 2.87. The molecule has 0 saturated carbocycles. The Hall–Kier alpha value is -3.03. The predicted molar refractivity (Wildman–Crippen MR) is 84.2 cm³/mol. The Morgan fingerprint density at radius 3 is 2.41 bits per heavy atom. The zero-order valence-corrected chi connectivity index (χ0v) is 12.5. The largest absolute Gasteiger partial charge is 0.369 e. The number of hydrogen-bond acceptors (Lipinski definition) is 5. The van der Waals surface area contributed by atoms with Crippen LogP contribution in [0, 0.1) is 30.9 Å². The van der Waals surface area contributed by atoms with Crippen molar-refractivity contribution in [2.75, 3.05) is 5.32 Å². The fourth-order valence-corrected chi connectivity index (χ4v) is 1.93. The second-order valence-corrected chi connectivity index (χ2v) is 4.83. The molecule has 2 aromatic rings. The first-order valence-corrected chi connectivity index (χ1v) is 6.53. The lowest BCUT2D eigenvalue weighted by molar-refractivity contribution is -0.384. The maximum Gasteiger partial charge on any atom is 0.269 e. The molecule has 0 spiro atoms. The highest BCUT2D eigenvalue weighted by molar-refractivity contribution is 5.94. The van der Waals surface area contributed by atoms with Crippen LogP contribution in [-0.2, 0) is 0 Å². The van der Waals surface area contributed by atoms with Crippen molar-refractivity contribution >= 4 is 23.3 Å². The Balaban J connectivity index is 2.22. The molecule has 114 valence electrons. The summed E-state index contributed by atoms with van der Waals surface area (Å²) in [4.78, 5) is 22.7.